The van der Waals surface area contributed by atoms with Crippen LogP contribution < -0.4 is 11.1 Å². The third kappa shape index (κ3) is 4.93. The Labute approximate surface area is 166 Å². The Morgan fingerprint density at radius 1 is 1.14 bits per heavy atom. The highest BCUT2D eigenvalue weighted by Gasteiger charge is 2.30. The molecular formula is C22H20F3N3O. The molecule has 0 saturated heterocycles. The molecule has 0 aliphatic rings. The fourth-order valence-electron chi connectivity index (χ4n) is 3.19. The van der Waals surface area contributed by atoms with Crippen molar-refractivity contribution in [3.63, 3.8) is 0 Å². The number of hydrogen-bond donors (Lipinski definition) is 2. The van der Waals surface area contributed by atoms with Gasteiger partial charge in [-0.05, 0) is 48.7 Å². The molecule has 1 heterocycles. The number of carbonyl (C=O) groups excluding carboxylic acids is 1. The lowest BCUT2D eigenvalue weighted by Crippen LogP contribution is -2.22. The molecule has 0 spiro atoms. The summed E-state index contributed by atoms with van der Waals surface area (Å²) in [6.07, 6.45) is -0.428. The number of halogens is 3. The van der Waals surface area contributed by atoms with E-state index in [1.807, 2.05) is 19.1 Å². The van der Waals surface area contributed by atoms with Crippen LogP contribution in [0.4, 0.5) is 18.9 Å². The number of alkyl halides is 3. The van der Waals surface area contributed by atoms with Crippen LogP contribution in [0, 0.1) is 0 Å². The molecule has 3 rings (SSSR count). The largest absolute Gasteiger partial charge is 0.416 e. The molecule has 29 heavy (non-hydrogen) atoms. The molecule has 0 bridgehead atoms. The van der Waals surface area contributed by atoms with Crippen LogP contribution in [-0.4, -0.2) is 16.9 Å². The zero-order valence-electron chi connectivity index (χ0n) is 15.7. The van der Waals surface area contributed by atoms with Gasteiger partial charge in [0, 0.05) is 24.0 Å². The van der Waals surface area contributed by atoms with Gasteiger partial charge in [0.25, 0.3) is 5.91 Å². The molecule has 1 unspecified atom stereocenters. The van der Waals surface area contributed by atoms with Gasteiger partial charge >= 0.3 is 6.18 Å². The summed E-state index contributed by atoms with van der Waals surface area (Å²) in [6.45, 7) is 1.92. The van der Waals surface area contributed by atoms with Gasteiger partial charge in [-0.25, -0.2) is 0 Å². The van der Waals surface area contributed by atoms with Crippen LogP contribution in [0.15, 0.2) is 67.0 Å². The quantitative estimate of drug-likeness (QED) is 0.619. The Kier molecular flexibility index (Phi) is 5.87. The van der Waals surface area contributed by atoms with Crippen LogP contribution >= 0.6 is 0 Å². The van der Waals surface area contributed by atoms with Gasteiger partial charge in [0.15, 0.2) is 0 Å². The number of pyridine rings is 1. The molecular weight excluding hydrogens is 379 g/mol. The lowest BCUT2D eigenvalue weighted by molar-refractivity contribution is -0.137. The second kappa shape index (κ2) is 8.34. The third-order valence-corrected chi connectivity index (χ3v) is 4.49. The highest BCUT2D eigenvalue weighted by molar-refractivity contribution is 6.02. The number of anilines is 1. The summed E-state index contributed by atoms with van der Waals surface area (Å²) in [6, 6.07) is 13.5. The second-order valence-electron chi connectivity index (χ2n) is 6.78. The maximum absolute atomic E-state index is 13.1. The Morgan fingerprint density at radius 3 is 2.55 bits per heavy atom. The first-order chi connectivity index (χ1) is 13.8. The number of hydrogen-bond acceptors (Lipinski definition) is 3. The van der Waals surface area contributed by atoms with Crippen molar-refractivity contribution in [3.8, 4) is 11.1 Å². The SMILES string of the molecule is CC(Cc1cccnc1)Nc1c(C(N)=O)cccc1-c1cccc(C(F)(F)F)c1. The summed E-state index contributed by atoms with van der Waals surface area (Å²) >= 11 is 0. The standard InChI is InChI=1S/C22H20F3N3O/c1-14(11-15-5-4-10-27-13-15)28-20-18(8-3-9-19(20)21(26)29)16-6-2-7-17(12-16)22(23,24)25/h2-10,12-14,28H,11H2,1H3,(H2,26,29). The average Bonchev–Trinajstić information content (AvgIpc) is 2.68. The van der Waals surface area contributed by atoms with E-state index in [0.29, 0.717) is 23.2 Å². The van der Waals surface area contributed by atoms with E-state index in [9.17, 15) is 18.0 Å². The van der Waals surface area contributed by atoms with Gasteiger partial charge in [-0.2, -0.15) is 13.2 Å². The van der Waals surface area contributed by atoms with Crippen molar-refractivity contribution in [1.29, 1.82) is 0 Å². The molecule has 0 saturated carbocycles. The molecule has 1 atom stereocenters. The normalized spacial score (nSPS) is 12.4. The van der Waals surface area contributed by atoms with Crippen molar-refractivity contribution in [3.05, 3.63) is 83.7 Å². The molecule has 0 aliphatic carbocycles. The first-order valence-electron chi connectivity index (χ1n) is 9.01. The lowest BCUT2D eigenvalue weighted by atomic mass is 9.97. The maximum atomic E-state index is 13.1. The summed E-state index contributed by atoms with van der Waals surface area (Å²) in [5.74, 6) is -0.657. The molecule has 0 aliphatic heterocycles. The molecule has 4 nitrogen and oxygen atoms in total. The van der Waals surface area contributed by atoms with Gasteiger partial charge < -0.3 is 11.1 Å². The first kappa shape index (κ1) is 20.4. The summed E-state index contributed by atoms with van der Waals surface area (Å²) in [7, 11) is 0. The zero-order chi connectivity index (χ0) is 21.0. The van der Waals surface area contributed by atoms with Gasteiger partial charge in [-0.1, -0.05) is 30.3 Å². The second-order valence-corrected chi connectivity index (χ2v) is 6.78. The van der Waals surface area contributed by atoms with E-state index in [2.05, 4.69) is 10.3 Å². The first-order valence-corrected chi connectivity index (χ1v) is 9.01. The number of nitrogens with zero attached hydrogens (tertiary/aromatic N) is 1. The van der Waals surface area contributed by atoms with Crippen LogP contribution in [0.3, 0.4) is 0 Å². The fourth-order valence-corrected chi connectivity index (χ4v) is 3.19. The molecule has 1 aromatic heterocycles. The smallest absolute Gasteiger partial charge is 0.381 e. The predicted octanol–water partition coefficient (Wildman–Crippen LogP) is 4.91. The van der Waals surface area contributed by atoms with Crippen LogP contribution in [0.25, 0.3) is 11.1 Å². The number of rotatable bonds is 6. The maximum Gasteiger partial charge on any atom is 0.416 e. The summed E-state index contributed by atoms with van der Waals surface area (Å²) in [4.78, 5) is 16.0. The zero-order valence-corrected chi connectivity index (χ0v) is 15.7. The molecule has 3 N–H and O–H groups in total. The minimum atomic E-state index is -4.46. The Balaban J connectivity index is 2.01. The Hall–Kier alpha value is -3.35. The highest BCUT2D eigenvalue weighted by atomic mass is 19.4. The van der Waals surface area contributed by atoms with E-state index in [4.69, 9.17) is 5.73 Å². The predicted molar refractivity (Wildman–Crippen MR) is 106 cm³/mol. The van der Waals surface area contributed by atoms with E-state index >= 15 is 0 Å². The Bertz CT molecular complexity index is 1000. The van der Waals surface area contributed by atoms with Gasteiger partial charge in [-0.3, -0.25) is 9.78 Å². The van der Waals surface area contributed by atoms with Gasteiger partial charge in [0.1, 0.15) is 0 Å². The number of amides is 1. The molecule has 1 amide bonds. The topological polar surface area (TPSA) is 68.0 Å². The van der Waals surface area contributed by atoms with Crippen molar-refractivity contribution >= 4 is 11.6 Å². The highest BCUT2D eigenvalue weighted by Crippen LogP contribution is 2.36. The number of aromatic nitrogens is 1. The molecule has 3 aromatic rings. The summed E-state index contributed by atoms with van der Waals surface area (Å²) < 4.78 is 39.4. The number of para-hydroxylation sites is 1. The summed E-state index contributed by atoms with van der Waals surface area (Å²) in [5, 5.41) is 3.26. The summed E-state index contributed by atoms with van der Waals surface area (Å²) in [5.41, 5.74) is 7.21. The van der Waals surface area contributed by atoms with E-state index in [1.54, 1.807) is 36.7 Å². The fraction of sp³-hybridized carbons (Fsp3) is 0.182. The van der Waals surface area contributed by atoms with Crippen molar-refractivity contribution in [1.82, 2.24) is 4.98 Å². The molecule has 0 radical (unpaired) electrons. The lowest BCUT2D eigenvalue weighted by Gasteiger charge is -2.21. The molecule has 2 aromatic carbocycles. The van der Waals surface area contributed by atoms with Crippen LogP contribution in [0.1, 0.15) is 28.4 Å². The van der Waals surface area contributed by atoms with Gasteiger partial charge in [-0.15, -0.1) is 0 Å². The molecule has 0 fully saturated rings. The van der Waals surface area contributed by atoms with Gasteiger partial charge in [0.05, 0.1) is 16.8 Å². The van der Waals surface area contributed by atoms with Crippen LogP contribution in [0.5, 0.6) is 0 Å². The number of carbonyl (C=O) groups is 1. The third-order valence-electron chi connectivity index (χ3n) is 4.49. The van der Waals surface area contributed by atoms with Crippen molar-refractivity contribution in [2.75, 3.05) is 5.32 Å². The van der Waals surface area contributed by atoms with E-state index < -0.39 is 17.6 Å². The van der Waals surface area contributed by atoms with Crippen LogP contribution in [0.2, 0.25) is 0 Å². The van der Waals surface area contributed by atoms with Crippen molar-refractivity contribution in [2.45, 2.75) is 25.6 Å². The molecule has 7 heteroatoms. The van der Waals surface area contributed by atoms with E-state index in [0.717, 1.165) is 17.7 Å². The van der Waals surface area contributed by atoms with Crippen LogP contribution in [-0.2, 0) is 12.6 Å². The molecule has 150 valence electrons. The minimum Gasteiger partial charge on any atom is -0.381 e. The van der Waals surface area contributed by atoms with Crippen molar-refractivity contribution < 1.29 is 18.0 Å². The number of nitrogens with two attached hydrogens (primary N) is 1. The number of benzene rings is 2. The Morgan fingerprint density at radius 2 is 1.90 bits per heavy atom. The number of primary amides is 1. The monoisotopic (exact) mass is 399 g/mol. The van der Waals surface area contributed by atoms with Gasteiger partial charge in [0.2, 0.25) is 0 Å². The van der Waals surface area contributed by atoms with Crippen molar-refractivity contribution in [2.24, 2.45) is 5.73 Å². The minimum absolute atomic E-state index is 0.121. The van der Waals surface area contributed by atoms with E-state index in [1.165, 1.54) is 6.07 Å². The number of nitrogens with one attached hydrogen (secondary N) is 1. The average molecular weight is 399 g/mol. The van der Waals surface area contributed by atoms with E-state index in [-0.39, 0.29) is 11.6 Å².